The Labute approximate surface area is 131 Å². The lowest BCUT2D eigenvalue weighted by molar-refractivity contribution is 0.0953. The molecule has 3 rings (SSSR count). The number of amides is 1. The zero-order valence-corrected chi connectivity index (χ0v) is 12.7. The molecule has 2 heterocycles. The lowest BCUT2D eigenvalue weighted by Gasteiger charge is -2.04. The quantitative estimate of drug-likeness (QED) is 0.663. The Morgan fingerprint density at radius 3 is 2.83 bits per heavy atom. The van der Waals surface area contributed by atoms with E-state index in [1.54, 1.807) is 38.1 Å². The molecule has 23 heavy (non-hydrogen) atoms. The number of nitrogens with one attached hydrogen (secondary N) is 2. The predicted octanol–water partition coefficient (Wildman–Crippen LogP) is 1.48. The number of nitrogens with zero attached hydrogens (tertiary/aromatic N) is 1. The molecule has 1 amide bonds. The molecule has 0 unspecified atom stereocenters. The summed E-state index contributed by atoms with van der Waals surface area (Å²) in [5.41, 5.74) is 4.02. The molecule has 0 saturated heterocycles. The molecule has 1 aromatic carbocycles. The lowest BCUT2D eigenvalue weighted by atomic mass is 10.1. The van der Waals surface area contributed by atoms with Gasteiger partial charge in [-0.15, -0.1) is 0 Å². The molecule has 7 nitrogen and oxygen atoms in total. The lowest BCUT2D eigenvalue weighted by Crippen LogP contribution is -2.28. The Bertz CT molecular complexity index is 855. The van der Waals surface area contributed by atoms with Gasteiger partial charge >= 0.3 is 0 Å². The number of aryl methyl sites for hydroxylation is 2. The fourth-order valence-electron chi connectivity index (χ4n) is 2.35. The fourth-order valence-corrected chi connectivity index (χ4v) is 2.35. The Kier molecular flexibility index (Phi) is 3.84. The summed E-state index contributed by atoms with van der Waals surface area (Å²) in [6.45, 7) is 3.66. The van der Waals surface area contributed by atoms with Crippen LogP contribution in [0.2, 0.25) is 0 Å². The summed E-state index contributed by atoms with van der Waals surface area (Å²) in [4.78, 5) is 26.5. The molecule has 2 N–H and O–H groups in total. The minimum absolute atomic E-state index is 0.0541. The maximum atomic E-state index is 12.1. The number of carbonyl (C=O) groups is 1. The van der Waals surface area contributed by atoms with Gasteiger partial charge in [0.05, 0.1) is 6.21 Å². The van der Waals surface area contributed by atoms with E-state index < -0.39 is 11.5 Å². The molecule has 118 valence electrons. The van der Waals surface area contributed by atoms with Crippen molar-refractivity contribution in [1.82, 2.24) is 10.4 Å². The van der Waals surface area contributed by atoms with Gasteiger partial charge in [0.1, 0.15) is 5.56 Å². The molecular formula is C16H15N3O4. The molecule has 0 saturated carbocycles. The van der Waals surface area contributed by atoms with Crippen molar-refractivity contribution in [1.29, 1.82) is 0 Å². The highest BCUT2D eigenvalue weighted by Gasteiger charge is 2.14. The van der Waals surface area contributed by atoms with Gasteiger partial charge in [-0.05, 0) is 49.2 Å². The number of pyridine rings is 1. The minimum atomic E-state index is -0.555. The largest absolute Gasteiger partial charge is 0.454 e. The van der Waals surface area contributed by atoms with Crippen LogP contribution in [0.5, 0.6) is 11.5 Å². The first kappa shape index (κ1) is 14.8. The number of hydrogen-bond acceptors (Lipinski definition) is 5. The summed E-state index contributed by atoms with van der Waals surface area (Å²) in [6.07, 6.45) is 1.47. The third-order valence-corrected chi connectivity index (χ3v) is 3.37. The minimum Gasteiger partial charge on any atom is -0.454 e. The molecule has 0 radical (unpaired) electrons. The van der Waals surface area contributed by atoms with E-state index in [0.29, 0.717) is 22.8 Å². The summed E-state index contributed by atoms with van der Waals surface area (Å²) in [5.74, 6) is 0.750. The third-order valence-electron chi connectivity index (χ3n) is 3.37. The summed E-state index contributed by atoms with van der Waals surface area (Å²) < 4.78 is 10.5. The normalized spacial score (nSPS) is 12.6. The number of aromatic nitrogens is 1. The molecule has 7 heteroatoms. The second kappa shape index (κ2) is 5.96. The molecule has 1 aromatic heterocycles. The number of rotatable bonds is 3. The SMILES string of the molecule is Cc1cc(C)c(C(=O)N/N=C/c2ccc3c(c2)OCO3)c(=O)[nH]1. The molecule has 0 atom stereocenters. The van der Waals surface area contributed by atoms with Crippen molar-refractivity contribution in [3.8, 4) is 11.5 Å². The predicted molar refractivity (Wildman–Crippen MR) is 84.2 cm³/mol. The highest BCUT2D eigenvalue weighted by molar-refractivity contribution is 5.95. The first-order chi connectivity index (χ1) is 11.0. The molecule has 0 fully saturated rings. The van der Waals surface area contributed by atoms with Gasteiger partial charge in [0.2, 0.25) is 6.79 Å². The second-order valence-electron chi connectivity index (χ2n) is 5.15. The van der Waals surface area contributed by atoms with Crippen molar-refractivity contribution in [3.63, 3.8) is 0 Å². The summed E-state index contributed by atoms with van der Waals surface area (Å²) >= 11 is 0. The highest BCUT2D eigenvalue weighted by atomic mass is 16.7. The van der Waals surface area contributed by atoms with Crippen LogP contribution in [-0.4, -0.2) is 23.9 Å². The molecule has 1 aliphatic heterocycles. The van der Waals surface area contributed by atoms with E-state index in [1.807, 2.05) is 0 Å². The first-order valence-electron chi connectivity index (χ1n) is 6.98. The van der Waals surface area contributed by atoms with Gasteiger partial charge < -0.3 is 14.5 Å². The van der Waals surface area contributed by atoms with E-state index in [9.17, 15) is 9.59 Å². The first-order valence-corrected chi connectivity index (χ1v) is 6.98. The van der Waals surface area contributed by atoms with Crippen molar-refractivity contribution in [2.45, 2.75) is 13.8 Å². The third kappa shape index (κ3) is 3.08. The van der Waals surface area contributed by atoms with Crippen molar-refractivity contribution in [2.24, 2.45) is 5.10 Å². The Morgan fingerprint density at radius 2 is 2.04 bits per heavy atom. The van der Waals surface area contributed by atoms with E-state index in [-0.39, 0.29) is 12.4 Å². The summed E-state index contributed by atoms with van der Waals surface area (Å²) in [7, 11) is 0. The average molecular weight is 313 g/mol. The molecule has 0 bridgehead atoms. The van der Waals surface area contributed by atoms with Gasteiger partial charge in [-0.2, -0.15) is 5.10 Å². The van der Waals surface area contributed by atoms with Crippen molar-refractivity contribution in [3.05, 3.63) is 57.0 Å². The molecule has 0 aliphatic carbocycles. The molecule has 1 aliphatic rings. The Hall–Kier alpha value is -3.09. The summed E-state index contributed by atoms with van der Waals surface area (Å²) in [6, 6.07) is 7.03. The van der Waals surface area contributed by atoms with Crippen LogP contribution in [0, 0.1) is 13.8 Å². The summed E-state index contributed by atoms with van der Waals surface area (Å²) in [5, 5.41) is 3.87. The van der Waals surface area contributed by atoms with E-state index in [2.05, 4.69) is 15.5 Å². The standard InChI is InChI=1S/C16H15N3O4/c1-9-5-10(2)18-15(20)14(9)16(21)19-17-7-11-3-4-12-13(6-11)23-8-22-12/h3-7H,8H2,1-2H3,(H,18,20)(H,19,21)/b17-7+. The van der Waals surface area contributed by atoms with Crippen molar-refractivity contribution in [2.75, 3.05) is 6.79 Å². The van der Waals surface area contributed by atoms with Crippen LogP contribution in [-0.2, 0) is 0 Å². The maximum Gasteiger partial charge on any atom is 0.277 e. The van der Waals surface area contributed by atoms with E-state index >= 15 is 0 Å². The number of H-pyrrole nitrogens is 1. The van der Waals surface area contributed by atoms with Gasteiger partial charge in [-0.25, -0.2) is 5.43 Å². The number of hydrazone groups is 1. The van der Waals surface area contributed by atoms with Gasteiger partial charge in [0.15, 0.2) is 11.5 Å². The van der Waals surface area contributed by atoms with Crippen LogP contribution in [0.15, 0.2) is 34.2 Å². The van der Waals surface area contributed by atoms with Crippen LogP contribution in [0.1, 0.15) is 27.2 Å². The molecular weight excluding hydrogens is 298 g/mol. The van der Waals surface area contributed by atoms with Crippen molar-refractivity contribution >= 4 is 12.1 Å². The van der Waals surface area contributed by atoms with Gasteiger partial charge in [-0.1, -0.05) is 0 Å². The Morgan fingerprint density at radius 1 is 1.26 bits per heavy atom. The zero-order valence-electron chi connectivity index (χ0n) is 12.7. The van der Waals surface area contributed by atoms with E-state index in [1.165, 1.54) is 6.21 Å². The number of ether oxygens (including phenoxy) is 2. The van der Waals surface area contributed by atoms with Crippen LogP contribution in [0.3, 0.4) is 0 Å². The number of hydrogen-bond donors (Lipinski definition) is 2. The van der Waals surface area contributed by atoms with Gasteiger partial charge in [0.25, 0.3) is 11.5 Å². The number of aromatic amines is 1. The van der Waals surface area contributed by atoms with Crippen LogP contribution in [0.25, 0.3) is 0 Å². The van der Waals surface area contributed by atoms with Crippen LogP contribution < -0.4 is 20.5 Å². The van der Waals surface area contributed by atoms with Gasteiger partial charge in [0, 0.05) is 5.69 Å². The Balaban J connectivity index is 1.73. The van der Waals surface area contributed by atoms with E-state index in [0.717, 1.165) is 5.56 Å². The van der Waals surface area contributed by atoms with E-state index in [4.69, 9.17) is 9.47 Å². The number of fused-ring (bicyclic) bond motifs is 1. The topological polar surface area (TPSA) is 92.8 Å². The molecule has 2 aromatic rings. The smallest absolute Gasteiger partial charge is 0.277 e. The van der Waals surface area contributed by atoms with Crippen LogP contribution in [0.4, 0.5) is 0 Å². The highest BCUT2D eigenvalue weighted by Crippen LogP contribution is 2.31. The fraction of sp³-hybridized carbons (Fsp3) is 0.188. The zero-order chi connectivity index (χ0) is 16.4. The average Bonchev–Trinajstić information content (AvgIpc) is 2.93. The second-order valence-corrected chi connectivity index (χ2v) is 5.15. The maximum absolute atomic E-state index is 12.1. The monoisotopic (exact) mass is 313 g/mol. The number of benzene rings is 1. The van der Waals surface area contributed by atoms with Crippen molar-refractivity contribution < 1.29 is 14.3 Å². The molecule has 0 spiro atoms. The van der Waals surface area contributed by atoms with Gasteiger partial charge in [-0.3, -0.25) is 9.59 Å². The van der Waals surface area contributed by atoms with Crippen LogP contribution >= 0.6 is 0 Å². The number of carbonyl (C=O) groups excluding carboxylic acids is 1.